The van der Waals surface area contributed by atoms with Crippen molar-refractivity contribution < 1.29 is 14.6 Å². The molecule has 4 heteroatoms. The van der Waals surface area contributed by atoms with Crippen molar-refractivity contribution in [3.05, 3.63) is 101 Å². The van der Waals surface area contributed by atoms with E-state index in [4.69, 9.17) is 4.74 Å². The molecule has 1 aliphatic rings. The molecule has 3 aromatic carbocycles. The van der Waals surface area contributed by atoms with E-state index < -0.39 is 6.09 Å². The maximum atomic E-state index is 12.2. The molecule has 3 aromatic rings. The highest BCUT2D eigenvalue weighted by Gasteiger charge is 2.28. The second kappa shape index (κ2) is 9.42. The predicted molar refractivity (Wildman–Crippen MR) is 119 cm³/mol. The molecule has 4 rings (SSSR count). The molecule has 0 fully saturated rings. The number of rotatable bonds is 7. The van der Waals surface area contributed by atoms with Crippen molar-refractivity contribution in [1.82, 2.24) is 5.32 Å². The van der Waals surface area contributed by atoms with Gasteiger partial charge in [-0.1, -0.05) is 78.9 Å². The largest absolute Gasteiger partial charge is 0.449 e. The second-order valence-electron chi connectivity index (χ2n) is 7.35. The number of hydrogen-bond acceptors (Lipinski definition) is 3. The average Bonchev–Trinajstić information content (AvgIpc) is 3.11. The number of carbonyl (C=O) groups is 1. The van der Waals surface area contributed by atoms with E-state index in [1.165, 1.54) is 22.3 Å². The molecule has 1 amide bonds. The third kappa shape index (κ3) is 4.44. The number of amides is 1. The number of carbonyl (C=O) groups excluding carboxylic acids is 1. The molecule has 0 aliphatic heterocycles. The number of hydrogen-bond donors (Lipinski definition) is 2. The Labute approximate surface area is 176 Å². The van der Waals surface area contributed by atoms with Crippen molar-refractivity contribution in [2.45, 2.75) is 18.9 Å². The second-order valence-corrected chi connectivity index (χ2v) is 7.35. The Morgan fingerprint density at radius 1 is 0.967 bits per heavy atom. The Morgan fingerprint density at radius 2 is 1.67 bits per heavy atom. The Hall–Kier alpha value is -3.37. The molecule has 0 atom stereocenters. The van der Waals surface area contributed by atoms with Crippen LogP contribution >= 0.6 is 0 Å². The van der Waals surface area contributed by atoms with Gasteiger partial charge in [0.2, 0.25) is 0 Å². The number of nitrogens with one attached hydrogen (secondary N) is 1. The zero-order chi connectivity index (χ0) is 20.8. The first-order valence-corrected chi connectivity index (χ1v) is 10.2. The molecule has 0 radical (unpaired) electrons. The molecule has 2 N–H and O–H groups in total. The van der Waals surface area contributed by atoms with E-state index in [1.807, 2.05) is 60.7 Å². The van der Waals surface area contributed by atoms with E-state index in [1.54, 1.807) is 0 Å². The monoisotopic (exact) mass is 399 g/mol. The van der Waals surface area contributed by atoms with Crippen LogP contribution in [0.3, 0.4) is 0 Å². The molecular weight excluding hydrogens is 374 g/mol. The number of aliphatic hydroxyl groups is 1. The van der Waals surface area contributed by atoms with E-state index in [0.29, 0.717) is 19.6 Å². The SMILES string of the molecule is O=C(NCCC=Cc1cccc(CO)c1)OCC1c2ccccc2-c2ccccc21. The Kier molecular flexibility index (Phi) is 6.26. The Bertz CT molecular complexity index is 1010. The normalized spacial score (nSPS) is 12.6. The standard InChI is InChI=1S/C26H25NO3/c28-17-20-10-7-9-19(16-20)8-5-6-15-27-26(29)30-18-25-23-13-3-1-11-21(23)22-12-2-4-14-24(22)25/h1-5,7-14,16,25,28H,6,15,17-18H2,(H,27,29). The number of benzene rings is 3. The van der Waals surface area contributed by atoms with E-state index in [9.17, 15) is 9.90 Å². The van der Waals surface area contributed by atoms with Gasteiger partial charge in [0.05, 0.1) is 6.61 Å². The first kappa shape index (κ1) is 19.9. The van der Waals surface area contributed by atoms with Crippen LogP contribution in [0.1, 0.15) is 34.6 Å². The lowest BCUT2D eigenvalue weighted by Gasteiger charge is -2.14. The van der Waals surface area contributed by atoms with Crippen LogP contribution in [0.2, 0.25) is 0 Å². The van der Waals surface area contributed by atoms with Crippen molar-refractivity contribution in [3.8, 4) is 11.1 Å². The number of fused-ring (bicyclic) bond motifs is 3. The number of aliphatic hydroxyl groups excluding tert-OH is 1. The average molecular weight is 399 g/mol. The van der Waals surface area contributed by atoms with Crippen LogP contribution in [0.5, 0.6) is 0 Å². The Morgan fingerprint density at radius 3 is 2.37 bits per heavy atom. The van der Waals surface area contributed by atoms with Crippen molar-refractivity contribution >= 4 is 12.2 Å². The highest BCUT2D eigenvalue weighted by Crippen LogP contribution is 2.44. The van der Waals surface area contributed by atoms with Gasteiger partial charge in [-0.3, -0.25) is 0 Å². The van der Waals surface area contributed by atoms with Crippen LogP contribution < -0.4 is 5.32 Å². The van der Waals surface area contributed by atoms with Gasteiger partial charge in [-0.15, -0.1) is 0 Å². The summed E-state index contributed by atoms with van der Waals surface area (Å²) in [6, 6.07) is 24.3. The number of ether oxygens (including phenoxy) is 1. The summed E-state index contributed by atoms with van der Waals surface area (Å²) >= 11 is 0. The van der Waals surface area contributed by atoms with Gasteiger partial charge >= 0.3 is 6.09 Å². The lowest BCUT2D eigenvalue weighted by Crippen LogP contribution is -2.26. The van der Waals surface area contributed by atoms with Gasteiger partial charge in [-0.05, 0) is 45.9 Å². The smallest absolute Gasteiger partial charge is 0.407 e. The van der Waals surface area contributed by atoms with E-state index >= 15 is 0 Å². The quantitative estimate of drug-likeness (QED) is 0.542. The van der Waals surface area contributed by atoms with Crippen molar-refractivity contribution in [2.75, 3.05) is 13.2 Å². The van der Waals surface area contributed by atoms with Gasteiger partial charge in [-0.2, -0.15) is 0 Å². The zero-order valence-corrected chi connectivity index (χ0v) is 16.8. The minimum absolute atomic E-state index is 0.0328. The van der Waals surface area contributed by atoms with Gasteiger partial charge < -0.3 is 15.2 Å². The molecular formula is C26H25NO3. The summed E-state index contributed by atoms with van der Waals surface area (Å²) in [6.45, 7) is 0.863. The molecule has 0 spiro atoms. The summed E-state index contributed by atoms with van der Waals surface area (Å²) in [7, 11) is 0. The molecule has 4 nitrogen and oxygen atoms in total. The van der Waals surface area contributed by atoms with Crippen molar-refractivity contribution in [3.63, 3.8) is 0 Å². The zero-order valence-electron chi connectivity index (χ0n) is 16.8. The lowest BCUT2D eigenvalue weighted by atomic mass is 9.98. The first-order chi connectivity index (χ1) is 14.8. The third-order valence-corrected chi connectivity index (χ3v) is 5.37. The van der Waals surface area contributed by atoms with Crippen LogP contribution in [0.15, 0.2) is 78.9 Å². The van der Waals surface area contributed by atoms with Gasteiger partial charge in [0.25, 0.3) is 0 Å². The van der Waals surface area contributed by atoms with Crippen molar-refractivity contribution in [2.24, 2.45) is 0 Å². The van der Waals surface area contributed by atoms with E-state index in [0.717, 1.165) is 11.1 Å². The fourth-order valence-electron chi connectivity index (χ4n) is 3.92. The molecule has 1 aliphatic carbocycles. The predicted octanol–water partition coefficient (Wildman–Crippen LogP) is 5.12. The molecule has 0 saturated heterocycles. The molecule has 0 bridgehead atoms. The minimum Gasteiger partial charge on any atom is -0.449 e. The summed E-state index contributed by atoms with van der Waals surface area (Å²) < 4.78 is 5.53. The summed E-state index contributed by atoms with van der Waals surface area (Å²) in [5.41, 5.74) is 6.77. The summed E-state index contributed by atoms with van der Waals surface area (Å²) in [5, 5.41) is 12.0. The van der Waals surface area contributed by atoms with Crippen LogP contribution in [0, 0.1) is 0 Å². The Balaban J connectivity index is 1.27. The highest BCUT2D eigenvalue weighted by molar-refractivity contribution is 5.79. The van der Waals surface area contributed by atoms with Gasteiger partial charge in [0.15, 0.2) is 0 Å². The van der Waals surface area contributed by atoms with Crippen molar-refractivity contribution in [1.29, 1.82) is 0 Å². The summed E-state index contributed by atoms with van der Waals surface area (Å²) in [4.78, 5) is 12.2. The molecule has 30 heavy (non-hydrogen) atoms. The fraction of sp³-hybridized carbons (Fsp3) is 0.192. The first-order valence-electron chi connectivity index (χ1n) is 10.2. The summed E-state index contributed by atoms with van der Waals surface area (Å²) in [5.74, 6) is 0.0712. The van der Waals surface area contributed by atoms with E-state index in [2.05, 4.69) is 29.6 Å². The molecule has 0 aromatic heterocycles. The molecule has 0 unspecified atom stereocenters. The maximum absolute atomic E-state index is 12.2. The minimum atomic E-state index is -0.396. The molecule has 152 valence electrons. The van der Waals surface area contributed by atoms with Crippen LogP contribution in [-0.4, -0.2) is 24.4 Å². The van der Waals surface area contributed by atoms with Gasteiger partial charge in [-0.25, -0.2) is 4.79 Å². The number of alkyl carbamates (subject to hydrolysis) is 1. The van der Waals surface area contributed by atoms with Gasteiger partial charge in [0, 0.05) is 12.5 Å². The van der Waals surface area contributed by atoms with Gasteiger partial charge in [0.1, 0.15) is 6.61 Å². The third-order valence-electron chi connectivity index (χ3n) is 5.37. The van der Waals surface area contributed by atoms with Crippen LogP contribution in [-0.2, 0) is 11.3 Å². The maximum Gasteiger partial charge on any atom is 0.407 e. The van der Waals surface area contributed by atoms with E-state index in [-0.39, 0.29) is 12.5 Å². The van der Waals surface area contributed by atoms with Crippen LogP contribution in [0.4, 0.5) is 4.79 Å². The van der Waals surface area contributed by atoms with Crippen LogP contribution in [0.25, 0.3) is 17.2 Å². The molecule has 0 saturated carbocycles. The lowest BCUT2D eigenvalue weighted by molar-refractivity contribution is 0.143. The topological polar surface area (TPSA) is 58.6 Å². The summed E-state index contributed by atoms with van der Waals surface area (Å²) in [6.07, 6.45) is 4.29. The fourth-order valence-corrected chi connectivity index (χ4v) is 3.92. The molecule has 0 heterocycles. The highest BCUT2D eigenvalue weighted by atomic mass is 16.5.